The third-order valence-electron chi connectivity index (χ3n) is 3.28. The minimum Gasteiger partial charge on any atom is -0.385 e. The first-order chi connectivity index (χ1) is 10.1. The van der Waals surface area contributed by atoms with Crippen LogP contribution in [-0.4, -0.2) is 51.7 Å². The van der Waals surface area contributed by atoms with Crippen LogP contribution in [0.2, 0.25) is 0 Å². The second-order valence-corrected chi connectivity index (χ2v) is 5.52. The molecule has 0 aromatic heterocycles. The first kappa shape index (κ1) is 20.3. The van der Waals surface area contributed by atoms with Crippen molar-refractivity contribution in [3.05, 3.63) is 0 Å². The van der Waals surface area contributed by atoms with Gasteiger partial charge < -0.3 is 14.2 Å². The molecule has 0 radical (unpaired) electrons. The molecule has 0 aliphatic carbocycles. The van der Waals surface area contributed by atoms with Crippen molar-refractivity contribution in [1.82, 2.24) is 5.32 Å². The summed E-state index contributed by atoms with van der Waals surface area (Å²) in [5, 5.41) is 12.8. The molecule has 21 heavy (non-hydrogen) atoms. The van der Waals surface area contributed by atoms with Crippen molar-refractivity contribution in [3.63, 3.8) is 0 Å². The standard InChI is InChI=1S/C16H32N2O3/c1-5-16(14-17,18-15(2)3)8-6-10-20-12-13-21-11-7-9-19-4/h15,18H,5-13H2,1-4H3. The summed E-state index contributed by atoms with van der Waals surface area (Å²) in [6.07, 6.45) is 3.42. The van der Waals surface area contributed by atoms with E-state index in [0.29, 0.717) is 32.5 Å². The van der Waals surface area contributed by atoms with Crippen LogP contribution >= 0.6 is 0 Å². The molecule has 0 aliphatic heterocycles. The van der Waals surface area contributed by atoms with E-state index in [9.17, 15) is 5.26 Å². The molecule has 1 unspecified atom stereocenters. The molecule has 0 aromatic rings. The minimum absolute atomic E-state index is 0.311. The van der Waals surface area contributed by atoms with Gasteiger partial charge in [0.15, 0.2) is 0 Å². The van der Waals surface area contributed by atoms with Gasteiger partial charge in [-0.05, 0) is 39.5 Å². The summed E-state index contributed by atoms with van der Waals surface area (Å²) in [4.78, 5) is 0. The summed E-state index contributed by atoms with van der Waals surface area (Å²) in [7, 11) is 1.69. The van der Waals surface area contributed by atoms with Crippen LogP contribution in [0.3, 0.4) is 0 Å². The molecule has 0 heterocycles. The van der Waals surface area contributed by atoms with Gasteiger partial charge in [-0.2, -0.15) is 5.26 Å². The molecule has 5 nitrogen and oxygen atoms in total. The maximum absolute atomic E-state index is 9.39. The topological polar surface area (TPSA) is 63.5 Å². The quantitative estimate of drug-likeness (QED) is 0.499. The summed E-state index contributed by atoms with van der Waals surface area (Å²) in [6, 6.07) is 2.74. The van der Waals surface area contributed by atoms with Crippen molar-refractivity contribution in [2.45, 2.75) is 58.0 Å². The number of hydrogen-bond acceptors (Lipinski definition) is 5. The Kier molecular flexibility index (Phi) is 12.6. The van der Waals surface area contributed by atoms with Crippen LogP contribution in [0.1, 0.15) is 46.5 Å². The summed E-state index contributed by atoms with van der Waals surface area (Å²) < 4.78 is 15.9. The second kappa shape index (κ2) is 13.0. The summed E-state index contributed by atoms with van der Waals surface area (Å²) in [5.41, 5.74) is -0.422. The maximum atomic E-state index is 9.39. The highest BCUT2D eigenvalue weighted by Crippen LogP contribution is 2.17. The van der Waals surface area contributed by atoms with Crippen LogP contribution < -0.4 is 5.32 Å². The molecule has 0 amide bonds. The molecule has 0 aromatic carbocycles. The summed E-state index contributed by atoms with van der Waals surface area (Å²) >= 11 is 0. The van der Waals surface area contributed by atoms with E-state index in [4.69, 9.17) is 14.2 Å². The highest BCUT2D eigenvalue weighted by Gasteiger charge is 2.27. The fraction of sp³-hybridized carbons (Fsp3) is 0.938. The Morgan fingerprint density at radius 1 is 1.05 bits per heavy atom. The SMILES string of the molecule is CCC(C#N)(CCCOCCOCCCOC)NC(C)C. The predicted molar refractivity (Wildman–Crippen MR) is 84.3 cm³/mol. The summed E-state index contributed by atoms with van der Waals surface area (Å²) in [5.74, 6) is 0. The fourth-order valence-electron chi connectivity index (χ4n) is 2.17. The molecule has 0 saturated heterocycles. The zero-order valence-corrected chi connectivity index (χ0v) is 14.1. The molecule has 0 bridgehead atoms. The van der Waals surface area contributed by atoms with E-state index in [2.05, 4.69) is 25.2 Å². The van der Waals surface area contributed by atoms with E-state index < -0.39 is 5.54 Å². The zero-order valence-electron chi connectivity index (χ0n) is 14.1. The van der Waals surface area contributed by atoms with E-state index in [1.54, 1.807) is 7.11 Å². The monoisotopic (exact) mass is 300 g/mol. The number of methoxy groups -OCH3 is 1. The smallest absolute Gasteiger partial charge is 0.106 e. The van der Waals surface area contributed by atoms with Gasteiger partial charge in [-0.3, -0.25) is 5.32 Å². The van der Waals surface area contributed by atoms with Crippen molar-refractivity contribution in [2.75, 3.05) is 40.1 Å². The number of rotatable bonds is 14. The third kappa shape index (κ3) is 10.7. The van der Waals surface area contributed by atoms with E-state index >= 15 is 0 Å². The number of hydrogen-bond donors (Lipinski definition) is 1. The number of nitriles is 1. The van der Waals surface area contributed by atoms with Gasteiger partial charge in [-0.25, -0.2) is 0 Å². The summed E-state index contributed by atoms with van der Waals surface area (Å²) in [6.45, 7) is 9.53. The molecular weight excluding hydrogens is 268 g/mol. The van der Waals surface area contributed by atoms with E-state index in [0.717, 1.165) is 32.3 Å². The van der Waals surface area contributed by atoms with Crippen molar-refractivity contribution in [2.24, 2.45) is 0 Å². The Labute approximate surface area is 129 Å². The molecular formula is C16H32N2O3. The van der Waals surface area contributed by atoms with Gasteiger partial charge in [0.2, 0.25) is 0 Å². The molecule has 0 saturated carbocycles. The Bertz CT molecular complexity index is 279. The third-order valence-corrected chi connectivity index (χ3v) is 3.28. The predicted octanol–water partition coefficient (Wildman–Crippen LogP) is 2.51. The van der Waals surface area contributed by atoms with Crippen molar-refractivity contribution < 1.29 is 14.2 Å². The Morgan fingerprint density at radius 3 is 2.14 bits per heavy atom. The number of nitrogens with one attached hydrogen (secondary N) is 1. The average molecular weight is 300 g/mol. The lowest BCUT2D eigenvalue weighted by Crippen LogP contribution is -2.47. The van der Waals surface area contributed by atoms with Crippen LogP contribution in [0.15, 0.2) is 0 Å². The van der Waals surface area contributed by atoms with Crippen LogP contribution in [0.4, 0.5) is 0 Å². The molecule has 124 valence electrons. The lowest BCUT2D eigenvalue weighted by Gasteiger charge is -2.29. The highest BCUT2D eigenvalue weighted by molar-refractivity contribution is 5.06. The molecule has 0 spiro atoms. The van der Waals surface area contributed by atoms with Crippen molar-refractivity contribution >= 4 is 0 Å². The van der Waals surface area contributed by atoms with Crippen LogP contribution in [0.25, 0.3) is 0 Å². The minimum atomic E-state index is -0.422. The van der Waals surface area contributed by atoms with Gasteiger partial charge in [-0.1, -0.05) is 6.92 Å². The normalized spacial score (nSPS) is 14.1. The van der Waals surface area contributed by atoms with Gasteiger partial charge in [0, 0.05) is 33.0 Å². The largest absolute Gasteiger partial charge is 0.385 e. The van der Waals surface area contributed by atoms with Gasteiger partial charge in [0.1, 0.15) is 5.54 Å². The Hall–Kier alpha value is -0.670. The molecule has 1 atom stereocenters. The fourth-order valence-corrected chi connectivity index (χ4v) is 2.17. The van der Waals surface area contributed by atoms with E-state index in [1.807, 2.05) is 6.92 Å². The molecule has 0 fully saturated rings. The van der Waals surface area contributed by atoms with Crippen molar-refractivity contribution in [3.8, 4) is 6.07 Å². The highest BCUT2D eigenvalue weighted by atomic mass is 16.5. The first-order valence-electron chi connectivity index (χ1n) is 7.93. The average Bonchev–Trinajstić information content (AvgIpc) is 2.47. The van der Waals surface area contributed by atoms with Crippen LogP contribution in [0.5, 0.6) is 0 Å². The Morgan fingerprint density at radius 2 is 1.67 bits per heavy atom. The molecule has 0 rings (SSSR count). The molecule has 0 aliphatic rings. The Balaban J connectivity index is 3.61. The van der Waals surface area contributed by atoms with Gasteiger partial charge in [0.05, 0.1) is 19.3 Å². The van der Waals surface area contributed by atoms with Gasteiger partial charge in [-0.15, -0.1) is 0 Å². The van der Waals surface area contributed by atoms with Gasteiger partial charge >= 0.3 is 0 Å². The van der Waals surface area contributed by atoms with E-state index in [1.165, 1.54) is 0 Å². The van der Waals surface area contributed by atoms with Gasteiger partial charge in [0.25, 0.3) is 0 Å². The molecule has 1 N–H and O–H groups in total. The van der Waals surface area contributed by atoms with Crippen LogP contribution in [-0.2, 0) is 14.2 Å². The second-order valence-electron chi connectivity index (χ2n) is 5.52. The van der Waals surface area contributed by atoms with Crippen LogP contribution in [0, 0.1) is 11.3 Å². The number of nitrogens with zero attached hydrogens (tertiary/aromatic N) is 1. The lowest BCUT2D eigenvalue weighted by atomic mass is 9.91. The number of ether oxygens (including phenoxy) is 3. The van der Waals surface area contributed by atoms with E-state index in [-0.39, 0.29) is 0 Å². The van der Waals surface area contributed by atoms with Crippen molar-refractivity contribution in [1.29, 1.82) is 5.26 Å². The maximum Gasteiger partial charge on any atom is 0.106 e. The lowest BCUT2D eigenvalue weighted by molar-refractivity contribution is 0.0375. The first-order valence-corrected chi connectivity index (χ1v) is 7.93. The zero-order chi connectivity index (χ0) is 16.0. The molecule has 5 heteroatoms.